The molecule has 0 saturated heterocycles. The molecule has 1 amide bonds. The van der Waals surface area contributed by atoms with Crippen LogP contribution in [0.3, 0.4) is 0 Å². The van der Waals surface area contributed by atoms with Gasteiger partial charge in [-0.05, 0) is 11.6 Å². The van der Waals surface area contributed by atoms with E-state index < -0.39 is 6.10 Å². The van der Waals surface area contributed by atoms with Crippen LogP contribution in [0.25, 0.3) is 0 Å². The molecular formula is C18H20N6O2S. The summed E-state index contributed by atoms with van der Waals surface area (Å²) >= 11 is 1.38. The quantitative estimate of drug-likeness (QED) is 0.666. The fraction of sp³-hybridized carbons (Fsp3) is 0.333. The highest BCUT2D eigenvalue weighted by atomic mass is 32.2. The van der Waals surface area contributed by atoms with E-state index in [1.165, 1.54) is 11.8 Å². The molecule has 1 aliphatic rings. The number of hydrogen-bond acceptors (Lipinski definition) is 6. The van der Waals surface area contributed by atoms with Gasteiger partial charge in [-0.25, -0.2) is 0 Å². The summed E-state index contributed by atoms with van der Waals surface area (Å²) in [5.41, 5.74) is 2.35. The normalized spacial score (nSPS) is 14.8. The zero-order chi connectivity index (χ0) is 18.8. The van der Waals surface area contributed by atoms with Crippen LogP contribution in [0.1, 0.15) is 23.1 Å². The summed E-state index contributed by atoms with van der Waals surface area (Å²) < 4.78 is 3.67. The molecule has 0 spiro atoms. The Morgan fingerprint density at radius 3 is 2.85 bits per heavy atom. The largest absolute Gasteiger partial charge is 0.382 e. The van der Waals surface area contributed by atoms with Crippen molar-refractivity contribution < 1.29 is 9.90 Å². The number of rotatable bonds is 5. The lowest BCUT2D eigenvalue weighted by atomic mass is 10.1. The molecule has 0 aliphatic carbocycles. The van der Waals surface area contributed by atoms with Gasteiger partial charge in [0.1, 0.15) is 12.4 Å². The number of aliphatic hydroxyl groups is 1. The second-order valence-corrected chi connectivity index (χ2v) is 7.37. The van der Waals surface area contributed by atoms with Crippen LogP contribution >= 0.6 is 11.8 Å². The molecule has 1 atom stereocenters. The first kappa shape index (κ1) is 17.7. The van der Waals surface area contributed by atoms with E-state index in [9.17, 15) is 9.90 Å². The zero-order valence-corrected chi connectivity index (χ0v) is 15.7. The molecule has 1 aliphatic heterocycles. The van der Waals surface area contributed by atoms with Crippen LogP contribution in [0.4, 0.5) is 0 Å². The lowest BCUT2D eigenvalue weighted by Gasteiger charge is -2.27. The van der Waals surface area contributed by atoms with E-state index >= 15 is 0 Å². The van der Waals surface area contributed by atoms with E-state index in [1.807, 2.05) is 53.0 Å². The maximum absolute atomic E-state index is 12.5. The molecule has 140 valence electrons. The summed E-state index contributed by atoms with van der Waals surface area (Å²) in [7, 11) is 1.85. The van der Waals surface area contributed by atoms with Crippen molar-refractivity contribution in [2.75, 3.05) is 12.3 Å². The summed E-state index contributed by atoms with van der Waals surface area (Å²) in [4.78, 5) is 14.4. The van der Waals surface area contributed by atoms with Gasteiger partial charge in [-0.3, -0.25) is 9.48 Å². The molecule has 0 saturated carbocycles. The van der Waals surface area contributed by atoms with Crippen LogP contribution in [-0.2, 0) is 24.9 Å². The highest BCUT2D eigenvalue weighted by Crippen LogP contribution is 2.24. The number of fused-ring (bicyclic) bond motifs is 1. The van der Waals surface area contributed by atoms with Gasteiger partial charge in [0, 0.05) is 13.6 Å². The molecule has 1 N–H and O–H groups in total. The summed E-state index contributed by atoms with van der Waals surface area (Å²) in [5.74, 6) is 0.376. The molecule has 9 heteroatoms. The maximum Gasteiger partial charge on any atom is 0.233 e. The lowest BCUT2D eigenvalue weighted by Crippen LogP contribution is -2.39. The Balaban J connectivity index is 1.42. The van der Waals surface area contributed by atoms with Gasteiger partial charge in [-0.2, -0.15) is 5.10 Å². The summed E-state index contributed by atoms with van der Waals surface area (Å²) in [6, 6.07) is 11.3. The molecule has 0 fully saturated rings. The van der Waals surface area contributed by atoms with E-state index in [0.29, 0.717) is 31.1 Å². The monoisotopic (exact) mass is 384 g/mol. The molecule has 2 aromatic heterocycles. The predicted octanol–water partition coefficient (Wildman–Crippen LogP) is 1.23. The number of carbonyl (C=O) groups excluding carboxylic acids is 1. The van der Waals surface area contributed by atoms with Crippen LogP contribution in [-0.4, -0.2) is 52.8 Å². The molecule has 0 radical (unpaired) electrons. The van der Waals surface area contributed by atoms with Crippen molar-refractivity contribution in [3.63, 3.8) is 0 Å². The van der Waals surface area contributed by atoms with Gasteiger partial charge in [0.15, 0.2) is 5.16 Å². The average molecular weight is 384 g/mol. The van der Waals surface area contributed by atoms with Crippen LogP contribution in [0.2, 0.25) is 0 Å². The first-order valence-corrected chi connectivity index (χ1v) is 9.64. The van der Waals surface area contributed by atoms with E-state index in [1.54, 1.807) is 10.9 Å². The minimum absolute atomic E-state index is 0.0561. The minimum Gasteiger partial charge on any atom is -0.382 e. The number of aryl methyl sites for hydroxylation is 1. The predicted molar refractivity (Wildman–Crippen MR) is 99.9 cm³/mol. The van der Waals surface area contributed by atoms with Gasteiger partial charge >= 0.3 is 0 Å². The van der Waals surface area contributed by atoms with Crippen LogP contribution in [0, 0.1) is 0 Å². The fourth-order valence-corrected chi connectivity index (χ4v) is 3.85. The Bertz CT molecular complexity index is 938. The molecule has 1 aromatic carbocycles. The van der Waals surface area contributed by atoms with Crippen molar-refractivity contribution in [2.45, 2.75) is 24.3 Å². The van der Waals surface area contributed by atoms with Crippen molar-refractivity contribution in [3.8, 4) is 0 Å². The van der Waals surface area contributed by atoms with Crippen LogP contribution in [0.15, 0.2) is 47.9 Å². The number of aromatic nitrogens is 5. The Labute approximate surface area is 160 Å². The van der Waals surface area contributed by atoms with E-state index in [4.69, 9.17) is 0 Å². The first-order valence-electron chi connectivity index (χ1n) is 8.66. The third-order valence-electron chi connectivity index (χ3n) is 4.56. The molecule has 3 heterocycles. The number of benzene rings is 1. The Hall–Kier alpha value is -2.65. The van der Waals surface area contributed by atoms with Gasteiger partial charge in [0.25, 0.3) is 0 Å². The molecule has 3 aromatic rings. The number of thioether (sulfide) groups is 1. The minimum atomic E-state index is -0.764. The SMILES string of the molecule is Cn1cnnc1SCC(=O)N1CCn2nc([C@H](O)c3ccccc3)cc2C1. The molecule has 0 bridgehead atoms. The number of aliphatic hydroxyl groups excluding tert-OH is 1. The van der Waals surface area contributed by atoms with Gasteiger partial charge < -0.3 is 14.6 Å². The Morgan fingerprint density at radius 2 is 2.11 bits per heavy atom. The summed E-state index contributed by atoms with van der Waals surface area (Å²) in [6.45, 7) is 1.72. The first-order chi connectivity index (χ1) is 13.1. The van der Waals surface area contributed by atoms with Crippen molar-refractivity contribution in [1.29, 1.82) is 0 Å². The summed E-state index contributed by atoms with van der Waals surface area (Å²) in [6.07, 6.45) is 0.853. The highest BCUT2D eigenvalue weighted by Gasteiger charge is 2.24. The van der Waals surface area contributed by atoms with Crippen LogP contribution < -0.4 is 0 Å². The topological polar surface area (TPSA) is 89.1 Å². The van der Waals surface area contributed by atoms with Crippen molar-refractivity contribution >= 4 is 17.7 Å². The number of carbonyl (C=O) groups is 1. The average Bonchev–Trinajstić information content (AvgIpc) is 3.31. The molecular weight excluding hydrogens is 364 g/mol. The van der Waals surface area contributed by atoms with Crippen molar-refractivity contribution in [1.82, 2.24) is 29.4 Å². The second-order valence-electron chi connectivity index (χ2n) is 6.43. The zero-order valence-electron chi connectivity index (χ0n) is 14.9. The standard InChI is InChI=1S/C18H20N6O2S/c1-22-12-19-20-18(22)27-11-16(25)23-7-8-24-14(10-23)9-15(21-24)17(26)13-5-3-2-4-6-13/h2-6,9,12,17,26H,7-8,10-11H2,1H3/t17-/m1/s1. The fourth-order valence-electron chi connectivity index (χ4n) is 3.06. The molecule has 4 rings (SSSR count). The summed E-state index contributed by atoms with van der Waals surface area (Å²) in [5, 5.41) is 23.6. The lowest BCUT2D eigenvalue weighted by molar-refractivity contribution is -0.129. The van der Waals surface area contributed by atoms with E-state index in [-0.39, 0.29) is 5.91 Å². The Kier molecular flexibility index (Phi) is 4.95. The molecule has 0 unspecified atom stereocenters. The third-order valence-corrected chi connectivity index (χ3v) is 5.58. The number of nitrogens with zero attached hydrogens (tertiary/aromatic N) is 6. The Morgan fingerprint density at radius 1 is 1.30 bits per heavy atom. The molecule has 8 nitrogen and oxygen atoms in total. The van der Waals surface area contributed by atoms with Gasteiger partial charge in [-0.15, -0.1) is 10.2 Å². The third kappa shape index (κ3) is 3.74. The molecule has 27 heavy (non-hydrogen) atoms. The highest BCUT2D eigenvalue weighted by molar-refractivity contribution is 7.99. The van der Waals surface area contributed by atoms with Crippen molar-refractivity contribution in [3.05, 3.63) is 59.7 Å². The second kappa shape index (κ2) is 7.53. The van der Waals surface area contributed by atoms with Crippen molar-refractivity contribution in [2.24, 2.45) is 7.05 Å². The van der Waals surface area contributed by atoms with Crippen LogP contribution in [0.5, 0.6) is 0 Å². The number of amides is 1. The van der Waals surface area contributed by atoms with Gasteiger partial charge in [0.2, 0.25) is 5.91 Å². The smallest absolute Gasteiger partial charge is 0.233 e. The van der Waals surface area contributed by atoms with E-state index in [2.05, 4.69) is 15.3 Å². The number of hydrogen-bond donors (Lipinski definition) is 1. The maximum atomic E-state index is 12.5. The van der Waals surface area contributed by atoms with E-state index in [0.717, 1.165) is 16.4 Å². The van der Waals surface area contributed by atoms with Gasteiger partial charge in [-0.1, -0.05) is 42.1 Å². The van der Waals surface area contributed by atoms with Gasteiger partial charge in [0.05, 0.1) is 30.2 Å².